The summed E-state index contributed by atoms with van der Waals surface area (Å²) in [6.07, 6.45) is -2.63. The fourth-order valence-corrected chi connectivity index (χ4v) is 3.95. The molecule has 0 spiro atoms. The van der Waals surface area contributed by atoms with Crippen molar-refractivity contribution in [2.45, 2.75) is 19.0 Å². The minimum Gasteiger partial charge on any atom is -0.378 e. The van der Waals surface area contributed by atoms with Gasteiger partial charge < -0.3 is 15.0 Å². The average molecular weight is 409 g/mol. The summed E-state index contributed by atoms with van der Waals surface area (Å²) in [5.41, 5.74) is 1.67. The predicted octanol–water partition coefficient (Wildman–Crippen LogP) is 3.15. The number of hydrogen-bond donors (Lipinski definition) is 1. The molecule has 2 saturated heterocycles. The van der Waals surface area contributed by atoms with Crippen molar-refractivity contribution in [1.82, 2.24) is 14.9 Å². The molecule has 158 valence electrons. The lowest BCUT2D eigenvalue weighted by Crippen LogP contribution is -2.41. The molecule has 0 atom stereocenters. The first-order chi connectivity index (χ1) is 14.0. The van der Waals surface area contributed by atoms with E-state index in [9.17, 15) is 13.2 Å². The average Bonchev–Trinajstić information content (AvgIpc) is 2.72. The number of piperidine rings is 1. The predicted molar refractivity (Wildman–Crippen MR) is 106 cm³/mol. The molecule has 1 N–H and O–H groups in total. The van der Waals surface area contributed by atoms with Crippen molar-refractivity contribution in [2.24, 2.45) is 5.92 Å². The SMILES string of the molecule is FC(F)(F)CN1CCC(CNc2nc3ccccc3nc2N2CCOCC2)CC1. The zero-order valence-corrected chi connectivity index (χ0v) is 16.3. The number of rotatable bonds is 5. The van der Waals surface area contributed by atoms with Crippen LogP contribution in [0.1, 0.15) is 12.8 Å². The normalized spacial score (nSPS) is 19.6. The molecular formula is C20H26F3N5O. The number of benzene rings is 1. The van der Waals surface area contributed by atoms with Crippen LogP contribution >= 0.6 is 0 Å². The molecule has 0 aliphatic carbocycles. The first kappa shape index (κ1) is 20.2. The topological polar surface area (TPSA) is 53.5 Å². The molecule has 2 aliphatic heterocycles. The Balaban J connectivity index is 1.43. The van der Waals surface area contributed by atoms with Crippen LogP contribution in [-0.4, -0.2) is 73.5 Å². The number of fused-ring (bicyclic) bond motifs is 1. The summed E-state index contributed by atoms with van der Waals surface area (Å²) in [5, 5.41) is 3.44. The molecule has 0 saturated carbocycles. The highest BCUT2D eigenvalue weighted by Crippen LogP contribution is 2.27. The van der Waals surface area contributed by atoms with Crippen LogP contribution in [0.2, 0.25) is 0 Å². The summed E-state index contributed by atoms with van der Waals surface area (Å²) in [6.45, 7) is 3.66. The number of hydrogen-bond acceptors (Lipinski definition) is 6. The van der Waals surface area contributed by atoms with E-state index in [1.807, 2.05) is 24.3 Å². The van der Waals surface area contributed by atoms with Crippen molar-refractivity contribution in [3.8, 4) is 0 Å². The molecule has 0 amide bonds. The molecule has 9 heteroatoms. The third-order valence-electron chi connectivity index (χ3n) is 5.53. The highest BCUT2D eigenvalue weighted by Gasteiger charge is 2.32. The maximum Gasteiger partial charge on any atom is 0.401 e. The number of anilines is 2. The fourth-order valence-electron chi connectivity index (χ4n) is 3.95. The van der Waals surface area contributed by atoms with Crippen LogP contribution in [0.15, 0.2) is 24.3 Å². The van der Waals surface area contributed by atoms with E-state index in [0.29, 0.717) is 38.8 Å². The Morgan fingerprint density at radius 1 is 1.00 bits per heavy atom. The largest absolute Gasteiger partial charge is 0.401 e. The second-order valence-corrected chi connectivity index (χ2v) is 7.70. The van der Waals surface area contributed by atoms with Crippen LogP contribution in [-0.2, 0) is 4.74 Å². The van der Waals surface area contributed by atoms with Crippen molar-refractivity contribution < 1.29 is 17.9 Å². The molecule has 3 heterocycles. The van der Waals surface area contributed by atoms with Crippen molar-refractivity contribution >= 4 is 22.7 Å². The van der Waals surface area contributed by atoms with Crippen LogP contribution in [0.25, 0.3) is 11.0 Å². The van der Waals surface area contributed by atoms with Gasteiger partial charge in [-0.3, -0.25) is 4.90 Å². The summed E-state index contributed by atoms with van der Waals surface area (Å²) < 4.78 is 43.2. The second-order valence-electron chi connectivity index (χ2n) is 7.70. The van der Waals surface area contributed by atoms with Gasteiger partial charge in [-0.15, -0.1) is 0 Å². The molecular weight excluding hydrogens is 383 g/mol. The van der Waals surface area contributed by atoms with Crippen molar-refractivity contribution in [3.63, 3.8) is 0 Å². The first-order valence-corrected chi connectivity index (χ1v) is 10.1. The van der Waals surface area contributed by atoms with Gasteiger partial charge >= 0.3 is 6.18 Å². The van der Waals surface area contributed by atoms with Gasteiger partial charge in [0.1, 0.15) is 0 Å². The zero-order valence-electron chi connectivity index (χ0n) is 16.3. The van der Waals surface area contributed by atoms with Crippen LogP contribution < -0.4 is 10.2 Å². The number of ether oxygens (including phenoxy) is 1. The van der Waals surface area contributed by atoms with Crippen molar-refractivity contribution in [3.05, 3.63) is 24.3 Å². The first-order valence-electron chi connectivity index (χ1n) is 10.1. The van der Waals surface area contributed by atoms with Gasteiger partial charge in [0.25, 0.3) is 0 Å². The number of nitrogens with zero attached hydrogens (tertiary/aromatic N) is 4. The maximum absolute atomic E-state index is 12.6. The van der Waals surface area contributed by atoms with Gasteiger partial charge in [0, 0.05) is 19.6 Å². The number of halogens is 3. The number of nitrogens with one attached hydrogen (secondary N) is 1. The van der Waals surface area contributed by atoms with Gasteiger partial charge in [-0.25, -0.2) is 9.97 Å². The van der Waals surface area contributed by atoms with Crippen LogP contribution in [0.5, 0.6) is 0 Å². The summed E-state index contributed by atoms with van der Waals surface area (Å²) in [4.78, 5) is 13.3. The summed E-state index contributed by atoms with van der Waals surface area (Å²) in [7, 11) is 0. The van der Waals surface area contributed by atoms with Gasteiger partial charge in [-0.1, -0.05) is 12.1 Å². The molecule has 2 fully saturated rings. The van der Waals surface area contributed by atoms with Crippen molar-refractivity contribution in [2.75, 3.05) is 62.7 Å². The van der Waals surface area contributed by atoms with Gasteiger partial charge in [-0.2, -0.15) is 13.2 Å². The number of alkyl halides is 3. The third kappa shape index (κ3) is 5.27. The Hall–Kier alpha value is -2.13. The van der Waals surface area contributed by atoms with Gasteiger partial charge in [0.2, 0.25) is 0 Å². The highest BCUT2D eigenvalue weighted by atomic mass is 19.4. The quantitative estimate of drug-likeness (QED) is 0.819. The van der Waals surface area contributed by atoms with Gasteiger partial charge in [0.15, 0.2) is 11.6 Å². The molecule has 1 aromatic heterocycles. The molecule has 0 unspecified atom stereocenters. The standard InChI is InChI=1S/C20H26F3N5O/c21-20(22,23)14-27-7-5-15(6-8-27)13-24-18-19(28-9-11-29-12-10-28)26-17-4-2-1-3-16(17)25-18/h1-4,15H,5-14H2,(H,24,25). The third-order valence-corrected chi connectivity index (χ3v) is 5.53. The van der Waals surface area contributed by atoms with E-state index >= 15 is 0 Å². The molecule has 29 heavy (non-hydrogen) atoms. The summed E-state index contributed by atoms with van der Waals surface area (Å²) >= 11 is 0. The zero-order chi connectivity index (χ0) is 20.3. The molecule has 4 rings (SSSR count). The molecule has 0 bridgehead atoms. The minimum absolute atomic E-state index is 0.324. The number of likely N-dealkylation sites (tertiary alicyclic amines) is 1. The second kappa shape index (κ2) is 8.71. The summed E-state index contributed by atoms with van der Waals surface area (Å²) in [6, 6.07) is 7.77. The van der Waals surface area contributed by atoms with Crippen LogP contribution in [0, 0.1) is 5.92 Å². The minimum atomic E-state index is -4.13. The molecule has 6 nitrogen and oxygen atoms in total. The lowest BCUT2D eigenvalue weighted by atomic mass is 9.97. The fraction of sp³-hybridized carbons (Fsp3) is 0.600. The Morgan fingerprint density at radius 3 is 2.31 bits per heavy atom. The Morgan fingerprint density at radius 2 is 1.66 bits per heavy atom. The lowest BCUT2D eigenvalue weighted by molar-refractivity contribution is -0.148. The number of aromatic nitrogens is 2. The Kier molecular flexibility index (Phi) is 6.05. The van der Waals surface area contributed by atoms with Crippen LogP contribution in [0.4, 0.5) is 24.8 Å². The van der Waals surface area contributed by atoms with E-state index in [2.05, 4.69) is 10.2 Å². The van der Waals surface area contributed by atoms with Crippen LogP contribution in [0.3, 0.4) is 0 Å². The molecule has 1 aromatic carbocycles. The smallest absolute Gasteiger partial charge is 0.378 e. The van der Waals surface area contributed by atoms with E-state index in [0.717, 1.165) is 48.6 Å². The summed E-state index contributed by atoms with van der Waals surface area (Å²) in [5.74, 6) is 1.88. The lowest BCUT2D eigenvalue weighted by Gasteiger charge is -2.33. The molecule has 0 radical (unpaired) electrons. The Labute approximate surface area is 168 Å². The highest BCUT2D eigenvalue weighted by molar-refractivity contribution is 5.80. The van der Waals surface area contributed by atoms with Gasteiger partial charge in [0.05, 0.1) is 30.8 Å². The van der Waals surface area contributed by atoms with Crippen molar-refractivity contribution in [1.29, 1.82) is 0 Å². The molecule has 2 aliphatic rings. The van der Waals surface area contributed by atoms with E-state index in [4.69, 9.17) is 14.7 Å². The van der Waals surface area contributed by atoms with E-state index in [1.54, 1.807) is 0 Å². The van der Waals surface area contributed by atoms with E-state index < -0.39 is 12.7 Å². The number of para-hydroxylation sites is 2. The maximum atomic E-state index is 12.6. The monoisotopic (exact) mass is 409 g/mol. The van der Waals surface area contributed by atoms with E-state index in [1.165, 1.54) is 4.90 Å². The number of morpholine rings is 1. The van der Waals surface area contributed by atoms with E-state index in [-0.39, 0.29) is 0 Å². The Bertz CT molecular complexity index is 817. The molecule has 2 aromatic rings. The van der Waals surface area contributed by atoms with Gasteiger partial charge in [-0.05, 0) is 44.0 Å².